The summed E-state index contributed by atoms with van der Waals surface area (Å²) in [6, 6.07) is 18.5. The Morgan fingerprint density at radius 1 is 0.938 bits per heavy atom. The minimum absolute atomic E-state index is 0.0802. The molecule has 0 aliphatic heterocycles. The third-order valence-corrected chi connectivity index (χ3v) is 5.58. The number of benzene rings is 2. The molecule has 0 saturated heterocycles. The van der Waals surface area contributed by atoms with Gasteiger partial charge >= 0.3 is 0 Å². The van der Waals surface area contributed by atoms with E-state index in [2.05, 4.69) is 16.0 Å². The smallest absolute Gasteiger partial charge is 0.238 e. The molecule has 6 heteroatoms. The molecule has 5 N–H and O–H groups in total. The summed E-state index contributed by atoms with van der Waals surface area (Å²) in [6.45, 7) is 10.5. The van der Waals surface area contributed by atoms with Gasteiger partial charge in [0.2, 0.25) is 11.8 Å². The minimum atomic E-state index is -0.692. The Labute approximate surface area is 192 Å². The zero-order valence-electron chi connectivity index (χ0n) is 19.9. The van der Waals surface area contributed by atoms with Gasteiger partial charge in [-0.05, 0) is 29.9 Å². The standard InChI is InChI=1S/C26H38N4O2/c1-6-28-25(32)22(26(3,4)5)29-23(18(2)20-15-11-8-12-16-20)30-24(31)21(27)17-19-13-9-7-10-14-19/h7-16,18,21-23,29H,6,17,27H2,1-5H3,(H,28,32)(H,30,31)/t18?,21?,22?,23-/m1/s1. The van der Waals surface area contributed by atoms with Crippen LogP contribution in [0.5, 0.6) is 0 Å². The Kier molecular flexibility index (Phi) is 9.42. The summed E-state index contributed by atoms with van der Waals surface area (Å²) < 4.78 is 0. The van der Waals surface area contributed by atoms with Gasteiger partial charge in [-0.2, -0.15) is 0 Å². The largest absolute Gasteiger partial charge is 0.355 e. The number of rotatable bonds is 10. The van der Waals surface area contributed by atoms with Gasteiger partial charge in [0.05, 0.1) is 18.2 Å². The van der Waals surface area contributed by atoms with E-state index in [0.29, 0.717) is 13.0 Å². The number of amides is 2. The van der Waals surface area contributed by atoms with E-state index in [4.69, 9.17) is 5.73 Å². The second-order valence-corrected chi connectivity index (χ2v) is 9.34. The fraction of sp³-hybridized carbons (Fsp3) is 0.462. The van der Waals surface area contributed by atoms with Crippen LogP contribution in [0.2, 0.25) is 0 Å². The van der Waals surface area contributed by atoms with E-state index in [1.165, 1.54) is 0 Å². The van der Waals surface area contributed by atoms with Crippen LogP contribution in [0, 0.1) is 5.41 Å². The summed E-state index contributed by atoms with van der Waals surface area (Å²) in [6.07, 6.45) is -0.0310. The van der Waals surface area contributed by atoms with Crippen molar-refractivity contribution >= 4 is 11.8 Å². The van der Waals surface area contributed by atoms with Crippen molar-refractivity contribution in [2.45, 2.75) is 65.2 Å². The maximum Gasteiger partial charge on any atom is 0.238 e. The topological polar surface area (TPSA) is 96.2 Å². The van der Waals surface area contributed by atoms with E-state index in [0.717, 1.165) is 11.1 Å². The van der Waals surface area contributed by atoms with E-state index >= 15 is 0 Å². The number of hydrogen-bond acceptors (Lipinski definition) is 4. The third-order valence-electron chi connectivity index (χ3n) is 5.58. The molecule has 0 aliphatic rings. The van der Waals surface area contributed by atoms with Crippen LogP contribution in [-0.4, -0.2) is 36.6 Å². The van der Waals surface area contributed by atoms with Crippen molar-refractivity contribution in [2.75, 3.05) is 6.54 Å². The van der Waals surface area contributed by atoms with E-state index in [-0.39, 0.29) is 23.1 Å². The lowest BCUT2D eigenvalue weighted by molar-refractivity contribution is -0.128. The number of carbonyl (C=O) groups excluding carboxylic acids is 2. The number of nitrogens with two attached hydrogens (primary N) is 1. The van der Waals surface area contributed by atoms with Crippen LogP contribution < -0.4 is 21.7 Å². The van der Waals surface area contributed by atoms with Crippen LogP contribution in [0.15, 0.2) is 60.7 Å². The summed E-state index contributed by atoms with van der Waals surface area (Å²) in [7, 11) is 0. The van der Waals surface area contributed by atoms with Gasteiger partial charge in [-0.3, -0.25) is 14.9 Å². The molecule has 0 spiro atoms. The predicted octanol–water partition coefficient (Wildman–Crippen LogP) is 2.94. The highest BCUT2D eigenvalue weighted by Crippen LogP contribution is 2.24. The maximum absolute atomic E-state index is 13.0. The van der Waals surface area contributed by atoms with Crippen molar-refractivity contribution < 1.29 is 9.59 Å². The summed E-state index contributed by atoms with van der Waals surface area (Å²) in [5, 5.41) is 9.41. The highest BCUT2D eigenvalue weighted by Gasteiger charge is 2.35. The predicted molar refractivity (Wildman–Crippen MR) is 130 cm³/mol. The molecule has 2 amide bonds. The molecule has 0 heterocycles. The van der Waals surface area contributed by atoms with E-state index in [1.807, 2.05) is 95.3 Å². The van der Waals surface area contributed by atoms with Gasteiger partial charge in [-0.25, -0.2) is 0 Å². The first-order valence-corrected chi connectivity index (χ1v) is 11.3. The molecule has 0 fully saturated rings. The van der Waals surface area contributed by atoms with Crippen LogP contribution in [0.25, 0.3) is 0 Å². The summed E-state index contributed by atoms with van der Waals surface area (Å²) >= 11 is 0. The lowest BCUT2D eigenvalue weighted by Gasteiger charge is -2.37. The molecule has 0 bridgehead atoms. The Morgan fingerprint density at radius 3 is 2.03 bits per heavy atom. The first-order chi connectivity index (χ1) is 15.1. The van der Waals surface area contributed by atoms with Crippen molar-refractivity contribution in [2.24, 2.45) is 11.1 Å². The fourth-order valence-corrected chi connectivity index (χ4v) is 3.66. The monoisotopic (exact) mass is 438 g/mol. The molecule has 0 saturated carbocycles. The van der Waals surface area contributed by atoms with Crippen LogP contribution in [0.4, 0.5) is 0 Å². The van der Waals surface area contributed by atoms with Crippen molar-refractivity contribution in [3.05, 3.63) is 71.8 Å². The lowest BCUT2D eigenvalue weighted by Crippen LogP contribution is -2.61. The molecule has 174 valence electrons. The lowest BCUT2D eigenvalue weighted by atomic mass is 9.85. The fourth-order valence-electron chi connectivity index (χ4n) is 3.66. The van der Waals surface area contributed by atoms with Gasteiger partial charge < -0.3 is 16.4 Å². The molecule has 4 atom stereocenters. The van der Waals surface area contributed by atoms with Crippen LogP contribution in [0.3, 0.4) is 0 Å². The second kappa shape index (κ2) is 11.8. The van der Waals surface area contributed by atoms with Crippen molar-refractivity contribution in [3.8, 4) is 0 Å². The van der Waals surface area contributed by atoms with Gasteiger partial charge in [-0.1, -0.05) is 88.4 Å². The van der Waals surface area contributed by atoms with Gasteiger partial charge in [0.15, 0.2) is 0 Å². The molecule has 32 heavy (non-hydrogen) atoms. The molecule has 2 aromatic carbocycles. The zero-order valence-corrected chi connectivity index (χ0v) is 19.9. The highest BCUT2D eigenvalue weighted by atomic mass is 16.2. The van der Waals surface area contributed by atoms with Crippen LogP contribution in [0.1, 0.15) is 51.7 Å². The van der Waals surface area contributed by atoms with E-state index < -0.39 is 18.2 Å². The van der Waals surface area contributed by atoms with Crippen molar-refractivity contribution in [3.63, 3.8) is 0 Å². The zero-order chi connectivity index (χ0) is 23.7. The van der Waals surface area contributed by atoms with Crippen LogP contribution in [-0.2, 0) is 16.0 Å². The second-order valence-electron chi connectivity index (χ2n) is 9.34. The Morgan fingerprint density at radius 2 is 1.50 bits per heavy atom. The Bertz CT molecular complexity index is 849. The van der Waals surface area contributed by atoms with E-state index in [1.54, 1.807) is 0 Å². The SMILES string of the molecule is CCNC(=O)C(N[C@H](NC(=O)C(N)Cc1ccccc1)C(C)c1ccccc1)C(C)(C)C. The average molecular weight is 439 g/mol. The number of carbonyl (C=O) groups is 2. The normalized spacial score (nSPS) is 15.3. The molecule has 0 aromatic heterocycles. The molecular weight excluding hydrogens is 400 g/mol. The van der Waals surface area contributed by atoms with Crippen LogP contribution >= 0.6 is 0 Å². The van der Waals surface area contributed by atoms with Gasteiger partial charge in [0.25, 0.3) is 0 Å². The Balaban J connectivity index is 2.25. The molecule has 0 radical (unpaired) electrons. The van der Waals surface area contributed by atoms with Gasteiger partial charge in [0.1, 0.15) is 0 Å². The maximum atomic E-state index is 13.0. The van der Waals surface area contributed by atoms with Crippen molar-refractivity contribution in [1.82, 2.24) is 16.0 Å². The first kappa shape index (κ1) is 25.6. The highest BCUT2D eigenvalue weighted by molar-refractivity contribution is 5.84. The molecule has 3 unspecified atom stereocenters. The third kappa shape index (κ3) is 7.46. The molecule has 2 rings (SSSR count). The summed E-state index contributed by atoms with van der Waals surface area (Å²) in [4.78, 5) is 25.9. The first-order valence-electron chi connectivity index (χ1n) is 11.3. The molecule has 6 nitrogen and oxygen atoms in total. The minimum Gasteiger partial charge on any atom is -0.355 e. The number of hydrogen-bond donors (Lipinski definition) is 4. The van der Waals surface area contributed by atoms with E-state index in [9.17, 15) is 9.59 Å². The number of nitrogens with one attached hydrogen (secondary N) is 3. The average Bonchev–Trinajstić information content (AvgIpc) is 2.76. The summed E-state index contributed by atoms with van der Waals surface area (Å²) in [5.41, 5.74) is 7.95. The molecular formula is C26H38N4O2. The quantitative estimate of drug-likeness (QED) is 0.429. The summed E-state index contributed by atoms with van der Waals surface area (Å²) in [5.74, 6) is -0.422. The van der Waals surface area contributed by atoms with Gasteiger partial charge in [-0.15, -0.1) is 0 Å². The molecule has 0 aliphatic carbocycles. The number of likely N-dealkylation sites (N-methyl/N-ethyl adjacent to an activating group) is 1. The van der Waals surface area contributed by atoms with Gasteiger partial charge in [0, 0.05) is 12.5 Å². The Hall–Kier alpha value is -2.70. The van der Waals surface area contributed by atoms with Crippen molar-refractivity contribution in [1.29, 1.82) is 0 Å². The molecule has 2 aromatic rings.